The third-order valence-corrected chi connectivity index (χ3v) is 6.85. The van der Waals surface area contributed by atoms with Gasteiger partial charge in [0.05, 0.1) is 28.8 Å². The average molecular weight is 423 g/mol. The number of aromatic nitrogens is 1. The molecule has 2 aromatic heterocycles. The van der Waals surface area contributed by atoms with E-state index in [4.69, 9.17) is 27.9 Å². The van der Waals surface area contributed by atoms with Gasteiger partial charge < -0.3 is 9.30 Å². The van der Waals surface area contributed by atoms with E-state index in [0.717, 1.165) is 60.9 Å². The largest absolute Gasteiger partial charge is 0.379 e. The summed E-state index contributed by atoms with van der Waals surface area (Å²) in [5.74, 6) is -0.0754. The van der Waals surface area contributed by atoms with Crippen molar-refractivity contribution < 1.29 is 9.53 Å². The summed E-state index contributed by atoms with van der Waals surface area (Å²) >= 11 is 14.1. The molecule has 0 radical (unpaired) electrons. The highest BCUT2D eigenvalue weighted by Gasteiger charge is 2.24. The molecular formula is C20H20Cl2N2O2S. The van der Waals surface area contributed by atoms with Crippen LogP contribution < -0.4 is 0 Å². The maximum atomic E-state index is 13.3. The van der Waals surface area contributed by atoms with Crippen LogP contribution >= 0.6 is 34.5 Å². The molecule has 27 heavy (non-hydrogen) atoms. The van der Waals surface area contributed by atoms with Gasteiger partial charge in [0.1, 0.15) is 4.83 Å². The molecule has 0 spiro atoms. The van der Waals surface area contributed by atoms with E-state index >= 15 is 0 Å². The summed E-state index contributed by atoms with van der Waals surface area (Å²) in [7, 11) is 0. The Kier molecular flexibility index (Phi) is 5.58. The smallest absolute Gasteiger partial charge is 0.197 e. The van der Waals surface area contributed by atoms with Gasteiger partial charge in [0.25, 0.3) is 0 Å². The van der Waals surface area contributed by atoms with Crippen LogP contribution in [-0.4, -0.2) is 48.1 Å². The summed E-state index contributed by atoms with van der Waals surface area (Å²) in [5, 5.41) is 3.73. The highest BCUT2D eigenvalue weighted by atomic mass is 35.5. The predicted molar refractivity (Wildman–Crippen MR) is 112 cm³/mol. The molecule has 4 nitrogen and oxygen atoms in total. The number of carbonyl (C=O) groups excluding carboxylic acids is 1. The molecule has 1 aromatic carbocycles. The van der Waals surface area contributed by atoms with Crippen LogP contribution in [0.25, 0.3) is 10.2 Å². The van der Waals surface area contributed by atoms with Crippen LogP contribution in [0.5, 0.6) is 0 Å². The van der Waals surface area contributed by atoms with Gasteiger partial charge in [-0.15, -0.1) is 11.3 Å². The van der Waals surface area contributed by atoms with Crippen molar-refractivity contribution in [2.24, 2.45) is 0 Å². The minimum absolute atomic E-state index is 0.0754. The number of benzene rings is 1. The molecule has 4 rings (SSSR count). The van der Waals surface area contributed by atoms with Crippen LogP contribution in [0, 0.1) is 6.92 Å². The zero-order chi connectivity index (χ0) is 19.0. The van der Waals surface area contributed by atoms with Crippen molar-refractivity contribution in [1.82, 2.24) is 9.47 Å². The van der Waals surface area contributed by atoms with Crippen LogP contribution in [0.4, 0.5) is 0 Å². The summed E-state index contributed by atoms with van der Waals surface area (Å²) in [4.78, 5) is 16.8. The standard InChI is InChI=1S/C20H20Cl2N2O2S/c1-13-17(19(25)15-3-2-4-16(21)18(15)22)14-5-12-27-20(14)24(13)7-6-23-8-10-26-11-9-23/h2-5,12H,6-11H2,1H3. The molecule has 0 atom stereocenters. The molecule has 1 saturated heterocycles. The summed E-state index contributed by atoms with van der Waals surface area (Å²) in [6, 6.07) is 7.21. The van der Waals surface area contributed by atoms with E-state index in [1.807, 2.05) is 18.4 Å². The topological polar surface area (TPSA) is 34.5 Å². The number of morpholine rings is 1. The van der Waals surface area contributed by atoms with Crippen molar-refractivity contribution in [1.29, 1.82) is 0 Å². The number of ketones is 1. The Morgan fingerprint density at radius 3 is 2.74 bits per heavy atom. The minimum Gasteiger partial charge on any atom is -0.379 e. The van der Waals surface area contributed by atoms with E-state index in [2.05, 4.69) is 9.47 Å². The lowest BCUT2D eigenvalue weighted by Gasteiger charge is -2.26. The molecule has 0 unspecified atom stereocenters. The second-order valence-corrected chi connectivity index (χ2v) is 8.32. The molecule has 0 amide bonds. The van der Waals surface area contributed by atoms with E-state index in [9.17, 15) is 4.79 Å². The van der Waals surface area contributed by atoms with Gasteiger partial charge >= 0.3 is 0 Å². The van der Waals surface area contributed by atoms with Crippen LogP contribution in [0.1, 0.15) is 21.6 Å². The van der Waals surface area contributed by atoms with E-state index < -0.39 is 0 Å². The number of halogens is 2. The van der Waals surface area contributed by atoms with Crippen LogP contribution in [-0.2, 0) is 11.3 Å². The maximum Gasteiger partial charge on any atom is 0.197 e. The number of thiophene rings is 1. The Bertz CT molecular complexity index is 989. The van der Waals surface area contributed by atoms with Gasteiger partial charge in [-0.1, -0.05) is 29.3 Å². The van der Waals surface area contributed by atoms with Crippen molar-refractivity contribution in [3.63, 3.8) is 0 Å². The summed E-state index contributed by atoms with van der Waals surface area (Å²) < 4.78 is 7.68. The lowest BCUT2D eigenvalue weighted by atomic mass is 10.0. The second-order valence-electron chi connectivity index (χ2n) is 6.64. The molecule has 3 heterocycles. The van der Waals surface area contributed by atoms with Gasteiger partial charge in [0.15, 0.2) is 5.78 Å². The van der Waals surface area contributed by atoms with Gasteiger partial charge in [-0.3, -0.25) is 9.69 Å². The second kappa shape index (κ2) is 7.94. The zero-order valence-electron chi connectivity index (χ0n) is 15.0. The van der Waals surface area contributed by atoms with Gasteiger partial charge in [-0.25, -0.2) is 0 Å². The normalized spacial score (nSPS) is 15.5. The predicted octanol–water partition coefficient (Wildman–Crippen LogP) is 4.88. The molecule has 142 valence electrons. The van der Waals surface area contributed by atoms with Crippen molar-refractivity contribution in [3.8, 4) is 0 Å². The quantitative estimate of drug-likeness (QED) is 0.549. The molecule has 0 N–H and O–H groups in total. The Morgan fingerprint density at radius 2 is 1.96 bits per heavy atom. The van der Waals surface area contributed by atoms with E-state index in [0.29, 0.717) is 15.6 Å². The number of nitrogens with zero attached hydrogens (tertiary/aromatic N) is 2. The molecule has 1 aliphatic rings. The summed E-state index contributed by atoms with van der Waals surface area (Å²) in [6.45, 7) is 7.29. The van der Waals surface area contributed by atoms with Gasteiger partial charge in [-0.2, -0.15) is 0 Å². The Morgan fingerprint density at radius 1 is 1.19 bits per heavy atom. The first kappa shape index (κ1) is 19.0. The molecule has 0 saturated carbocycles. The summed E-state index contributed by atoms with van der Waals surface area (Å²) in [5.41, 5.74) is 2.15. The maximum absolute atomic E-state index is 13.3. The molecule has 0 aliphatic carbocycles. The van der Waals surface area contributed by atoms with E-state index in [1.165, 1.54) is 0 Å². The number of ether oxygens (including phenoxy) is 1. The van der Waals surface area contributed by atoms with Crippen molar-refractivity contribution in [3.05, 3.63) is 56.5 Å². The molecule has 7 heteroatoms. The fraction of sp³-hybridized carbons (Fsp3) is 0.350. The van der Waals surface area contributed by atoms with E-state index in [-0.39, 0.29) is 5.78 Å². The third-order valence-electron chi connectivity index (χ3n) is 5.09. The fourth-order valence-corrected chi connectivity index (χ4v) is 4.99. The first-order chi connectivity index (χ1) is 13.1. The number of hydrogen-bond acceptors (Lipinski definition) is 4. The van der Waals surface area contributed by atoms with Gasteiger partial charge in [0, 0.05) is 42.8 Å². The lowest BCUT2D eigenvalue weighted by Crippen LogP contribution is -2.38. The van der Waals surface area contributed by atoms with Crippen molar-refractivity contribution in [2.45, 2.75) is 13.5 Å². The minimum atomic E-state index is -0.0754. The van der Waals surface area contributed by atoms with Crippen LogP contribution in [0.15, 0.2) is 29.6 Å². The number of hydrogen-bond donors (Lipinski definition) is 0. The van der Waals surface area contributed by atoms with Crippen molar-refractivity contribution >= 4 is 50.5 Å². The van der Waals surface area contributed by atoms with Gasteiger partial charge in [0.2, 0.25) is 0 Å². The van der Waals surface area contributed by atoms with Crippen LogP contribution in [0.2, 0.25) is 10.0 Å². The van der Waals surface area contributed by atoms with Crippen molar-refractivity contribution in [2.75, 3.05) is 32.8 Å². The molecule has 1 fully saturated rings. The SMILES string of the molecule is Cc1c(C(=O)c2cccc(Cl)c2Cl)c2ccsc2n1CCN1CCOCC1. The Hall–Kier alpha value is -1.37. The highest BCUT2D eigenvalue weighted by molar-refractivity contribution is 7.16. The Labute approximate surface area is 172 Å². The third kappa shape index (κ3) is 3.55. The molecule has 1 aliphatic heterocycles. The lowest BCUT2D eigenvalue weighted by molar-refractivity contribution is 0.0365. The monoisotopic (exact) mass is 422 g/mol. The molecule has 0 bridgehead atoms. The summed E-state index contributed by atoms with van der Waals surface area (Å²) in [6.07, 6.45) is 0. The zero-order valence-corrected chi connectivity index (χ0v) is 17.3. The fourth-order valence-electron chi connectivity index (χ4n) is 3.62. The molecule has 3 aromatic rings. The number of carbonyl (C=O) groups is 1. The first-order valence-corrected chi connectivity index (χ1v) is 10.6. The average Bonchev–Trinajstić information content (AvgIpc) is 3.23. The van der Waals surface area contributed by atoms with Gasteiger partial charge in [-0.05, 0) is 30.5 Å². The highest BCUT2D eigenvalue weighted by Crippen LogP contribution is 2.34. The van der Waals surface area contributed by atoms with E-state index in [1.54, 1.807) is 29.5 Å². The number of rotatable bonds is 5. The number of fused-ring (bicyclic) bond motifs is 1. The van der Waals surface area contributed by atoms with Crippen LogP contribution in [0.3, 0.4) is 0 Å². The first-order valence-electron chi connectivity index (χ1n) is 8.93. The molecular weight excluding hydrogens is 403 g/mol. The Balaban J connectivity index is 1.69.